The Morgan fingerprint density at radius 2 is 1.71 bits per heavy atom. The fourth-order valence-corrected chi connectivity index (χ4v) is 2.95. The molecule has 0 unspecified atom stereocenters. The second kappa shape index (κ2) is 7.40. The van der Waals surface area contributed by atoms with Crippen LogP contribution in [0.5, 0.6) is 0 Å². The molecule has 1 amide bonds. The molecule has 0 spiro atoms. The number of nitrogens with zero attached hydrogens (tertiary/aromatic N) is 1. The topological polar surface area (TPSA) is 44.4 Å². The molecule has 0 bridgehead atoms. The summed E-state index contributed by atoms with van der Waals surface area (Å²) in [5.74, 6) is -0.752. The van der Waals surface area contributed by atoms with Crippen LogP contribution in [-0.4, -0.2) is 24.1 Å². The highest BCUT2D eigenvalue weighted by Crippen LogP contribution is 2.28. The number of nitrogens with one attached hydrogen (secondary N) is 2. The van der Waals surface area contributed by atoms with Crippen molar-refractivity contribution in [1.82, 2.24) is 5.32 Å². The molecule has 3 rings (SSSR count). The molecule has 4 nitrogen and oxygen atoms in total. The zero-order valence-electron chi connectivity index (χ0n) is 13.1. The largest absolute Gasteiger partial charge is 0.370 e. The molecule has 6 heteroatoms. The number of carbonyl (C=O) groups excluding carboxylic acids is 1. The first-order chi connectivity index (χ1) is 11.6. The molecule has 1 aliphatic rings. The zero-order valence-corrected chi connectivity index (χ0v) is 13.9. The summed E-state index contributed by atoms with van der Waals surface area (Å²) in [6, 6.07) is 13.2. The number of hydrogen-bond donors (Lipinski definition) is 2. The molecule has 2 N–H and O–H groups in total. The lowest BCUT2D eigenvalue weighted by atomic mass is 10.2. The Morgan fingerprint density at radius 3 is 2.42 bits per heavy atom. The van der Waals surface area contributed by atoms with Crippen LogP contribution in [0.1, 0.15) is 23.2 Å². The van der Waals surface area contributed by atoms with E-state index in [0.29, 0.717) is 5.56 Å². The Kier molecular flexibility index (Phi) is 5.05. The number of halogens is 1. The summed E-state index contributed by atoms with van der Waals surface area (Å²) in [5, 5.41) is 5.92. The number of rotatable bonds is 3. The number of para-hydroxylation sites is 2. The number of hydrogen-bond acceptors (Lipinski definition) is 3. The van der Waals surface area contributed by atoms with Crippen molar-refractivity contribution in [3.63, 3.8) is 0 Å². The van der Waals surface area contributed by atoms with Crippen molar-refractivity contribution in [2.75, 3.05) is 23.3 Å². The summed E-state index contributed by atoms with van der Waals surface area (Å²) in [4.78, 5) is 14.4. The molecule has 0 aromatic heterocycles. The molecule has 0 aliphatic carbocycles. The summed E-state index contributed by atoms with van der Waals surface area (Å²) in [6.45, 7) is 2.04. The van der Waals surface area contributed by atoms with E-state index in [9.17, 15) is 9.18 Å². The second-order valence-electron chi connectivity index (χ2n) is 5.63. The van der Waals surface area contributed by atoms with Gasteiger partial charge in [-0.3, -0.25) is 10.1 Å². The average molecular weight is 343 g/mol. The summed E-state index contributed by atoms with van der Waals surface area (Å²) in [7, 11) is 0. The summed E-state index contributed by atoms with van der Waals surface area (Å²) < 4.78 is 12.9. The van der Waals surface area contributed by atoms with Crippen molar-refractivity contribution < 1.29 is 9.18 Å². The molecule has 0 atom stereocenters. The molecule has 1 heterocycles. The van der Waals surface area contributed by atoms with Crippen LogP contribution in [0.25, 0.3) is 0 Å². The van der Waals surface area contributed by atoms with E-state index in [1.165, 1.54) is 37.1 Å². The van der Waals surface area contributed by atoms with Crippen LogP contribution >= 0.6 is 12.2 Å². The average Bonchev–Trinajstić information content (AvgIpc) is 3.10. The Balaban J connectivity index is 1.66. The number of benzene rings is 2. The molecule has 1 aliphatic heterocycles. The van der Waals surface area contributed by atoms with Crippen molar-refractivity contribution in [2.24, 2.45) is 0 Å². The quantitative estimate of drug-likeness (QED) is 0.837. The van der Waals surface area contributed by atoms with Crippen LogP contribution in [0, 0.1) is 5.82 Å². The Labute approximate surface area is 145 Å². The first kappa shape index (κ1) is 16.4. The smallest absolute Gasteiger partial charge is 0.257 e. The maximum atomic E-state index is 12.9. The SMILES string of the molecule is O=C(NC(=S)Nc1ccccc1N1CCCC1)c1ccc(F)cc1. The first-order valence-corrected chi connectivity index (χ1v) is 8.26. The molecule has 24 heavy (non-hydrogen) atoms. The van der Waals surface area contributed by atoms with E-state index >= 15 is 0 Å². The predicted octanol–water partition coefficient (Wildman–Crippen LogP) is 3.55. The van der Waals surface area contributed by atoms with Crippen molar-refractivity contribution in [3.05, 3.63) is 59.9 Å². The highest BCUT2D eigenvalue weighted by atomic mass is 32.1. The Bertz CT molecular complexity index is 742. The van der Waals surface area contributed by atoms with Gasteiger partial charge in [0.2, 0.25) is 0 Å². The van der Waals surface area contributed by atoms with E-state index in [0.717, 1.165) is 24.5 Å². The van der Waals surface area contributed by atoms with E-state index in [-0.39, 0.29) is 16.8 Å². The lowest BCUT2D eigenvalue weighted by Crippen LogP contribution is -2.34. The first-order valence-electron chi connectivity index (χ1n) is 7.85. The van der Waals surface area contributed by atoms with Gasteiger partial charge < -0.3 is 10.2 Å². The predicted molar refractivity (Wildman–Crippen MR) is 98.0 cm³/mol. The van der Waals surface area contributed by atoms with E-state index in [1.807, 2.05) is 24.3 Å². The lowest BCUT2D eigenvalue weighted by Gasteiger charge is -2.22. The molecule has 0 radical (unpaired) electrons. The van der Waals surface area contributed by atoms with Gasteiger partial charge in [0.1, 0.15) is 5.82 Å². The van der Waals surface area contributed by atoms with Crippen molar-refractivity contribution in [1.29, 1.82) is 0 Å². The van der Waals surface area contributed by atoms with Crippen molar-refractivity contribution in [3.8, 4) is 0 Å². The van der Waals surface area contributed by atoms with Crippen LogP contribution in [-0.2, 0) is 0 Å². The van der Waals surface area contributed by atoms with E-state index < -0.39 is 0 Å². The van der Waals surface area contributed by atoms with Crippen LogP contribution < -0.4 is 15.5 Å². The Morgan fingerprint density at radius 1 is 1.04 bits per heavy atom. The van der Waals surface area contributed by atoms with Gasteiger partial charge in [-0.25, -0.2) is 4.39 Å². The standard InChI is InChI=1S/C18H18FN3OS/c19-14-9-7-13(8-10-14)17(23)21-18(24)20-15-5-1-2-6-16(15)22-11-3-4-12-22/h1-2,5-10H,3-4,11-12H2,(H2,20,21,23,24). The maximum Gasteiger partial charge on any atom is 0.257 e. The normalized spacial score (nSPS) is 13.6. The molecule has 2 aromatic rings. The second-order valence-corrected chi connectivity index (χ2v) is 6.03. The minimum Gasteiger partial charge on any atom is -0.370 e. The van der Waals surface area contributed by atoms with Gasteiger partial charge in [-0.2, -0.15) is 0 Å². The van der Waals surface area contributed by atoms with E-state index in [1.54, 1.807) is 0 Å². The van der Waals surface area contributed by atoms with E-state index in [4.69, 9.17) is 12.2 Å². The fourth-order valence-electron chi connectivity index (χ4n) is 2.74. The molecule has 1 fully saturated rings. The summed E-state index contributed by atoms with van der Waals surface area (Å²) >= 11 is 5.24. The van der Waals surface area contributed by atoms with Gasteiger partial charge in [-0.15, -0.1) is 0 Å². The molecule has 124 valence electrons. The highest BCUT2D eigenvalue weighted by molar-refractivity contribution is 7.80. The lowest BCUT2D eigenvalue weighted by molar-refractivity contribution is 0.0977. The summed E-state index contributed by atoms with van der Waals surface area (Å²) in [5.41, 5.74) is 2.30. The van der Waals surface area contributed by atoms with Crippen molar-refractivity contribution >= 4 is 34.6 Å². The third-order valence-corrected chi connectivity index (χ3v) is 4.14. The number of amides is 1. The van der Waals surface area contributed by atoms with Crippen LogP contribution in [0.3, 0.4) is 0 Å². The van der Waals surface area contributed by atoms with Gasteiger partial charge in [-0.1, -0.05) is 12.1 Å². The third kappa shape index (κ3) is 3.89. The summed E-state index contributed by atoms with van der Waals surface area (Å²) in [6.07, 6.45) is 2.36. The number of thiocarbonyl (C=S) groups is 1. The fraction of sp³-hybridized carbons (Fsp3) is 0.222. The Hall–Kier alpha value is -2.47. The van der Waals surface area contributed by atoms with Crippen LogP contribution in [0.2, 0.25) is 0 Å². The molecular weight excluding hydrogens is 325 g/mol. The molecular formula is C18H18FN3OS. The van der Waals surface area contributed by atoms with Crippen molar-refractivity contribution in [2.45, 2.75) is 12.8 Å². The number of carbonyl (C=O) groups is 1. The zero-order chi connectivity index (χ0) is 16.9. The number of anilines is 2. The van der Waals surface area contributed by atoms with Gasteiger partial charge in [0.05, 0.1) is 11.4 Å². The van der Waals surface area contributed by atoms with Gasteiger partial charge in [0.25, 0.3) is 5.91 Å². The molecule has 0 saturated carbocycles. The van der Waals surface area contributed by atoms with Gasteiger partial charge in [0.15, 0.2) is 5.11 Å². The third-order valence-electron chi connectivity index (χ3n) is 3.93. The monoisotopic (exact) mass is 343 g/mol. The molecule has 1 saturated heterocycles. The maximum absolute atomic E-state index is 12.9. The van der Waals surface area contributed by atoms with Gasteiger partial charge in [-0.05, 0) is 61.5 Å². The highest BCUT2D eigenvalue weighted by Gasteiger charge is 2.16. The molecule has 2 aromatic carbocycles. The minimum atomic E-state index is -0.383. The minimum absolute atomic E-state index is 0.218. The van der Waals surface area contributed by atoms with Crippen LogP contribution in [0.15, 0.2) is 48.5 Å². The van der Waals surface area contributed by atoms with E-state index in [2.05, 4.69) is 15.5 Å². The van der Waals surface area contributed by atoms with Gasteiger partial charge >= 0.3 is 0 Å². The van der Waals surface area contributed by atoms with Gasteiger partial charge in [0, 0.05) is 18.7 Å². The van der Waals surface area contributed by atoms with Crippen LogP contribution in [0.4, 0.5) is 15.8 Å².